The average molecular weight is 493 g/mol. The monoisotopic (exact) mass is 492 g/mol. The van der Waals surface area contributed by atoms with Crippen LogP contribution in [0.5, 0.6) is 0 Å². The van der Waals surface area contributed by atoms with Crippen LogP contribution in [0, 0.1) is 13.8 Å². The van der Waals surface area contributed by atoms with Crippen molar-refractivity contribution in [2.45, 2.75) is 38.5 Å². The Morgan fingerprint density at radius 2 is 1.75 bits per heavy atom. The van der Waals surface area contributed by atoms with Crippen LogP contribution in [0.4, 0.5) is 0 Å². The normalized spacial score (nSPS) is 19.1. The number of aryl methyl sites for hydroxylation is 2. The van der Waals surface area contributed by atoms with E-state index in [1.165, 1.54) is 0 Å². The minimum Gasteiger partial charge on any atom is -0.353 e. The number of carbonyl (C=O) groups excluding carboxylic acids is 3. The number of amides is 3. The van der Waals surface area contributed by atoms with Gasteiger partial charge in [0.2, 0.25) is 5.91 Å². The zero-order chi connectivity index (χ0) is 25.9. The van der Waals surface area contributed by atoms with Crippen LogP contribution in [-0.4, -0.2) is 91.1 Å². The fraction of sp³-hybridized carbons (Fsp3) is 0.464. The maximum atomic E-state index is 13.8. The fourth-order valence-corrected chi connectivity index (χ4v) is 5.05. The van der Waals surface area contributed by atoms with Gasteiger partial charge in [-0.15, -0.1) is 0 Å². The molecular formula is C28H36N4O4. The molecule has 36 heavy (non-hydrogen) atoms. The number of nitrogens with one attached hydrogen (secondary N) is 1. The summed E-state index contributed by atoms with van der Waals surface area (Å²) in [6.45, 7) is 6.08. The molecule has 2 fully saturated rings. The summed E-state index contributed by atoms with van der Waals surface area (Å²) < 4.78 is 6.28. The Labute approximate surface area is 213 Å². The number of ether oxygens (including phenoxy) is 1. The van der Waals surface area contributed by atoms with Gasteiger partial charge in [0.05, 0.1) is 6.61 Å². The third-order valence-corrected chi connectivity index (χ3v) is 7.11. The first-order valence-electron chi connectivity index (χ1n) is 12.5. The Morgan fingerprint density at radius 1 is 1.03 bits per heavy atom. The van der Waals surface area contributed by atoms with Gasteiger partial charge in [-0.2, -0.15) is 0 Å². The van der Waals surface area contributed by atoms with Crippen LogP contribution in [0.15, 0.2) is 48.5 Å². The molecule has 0 unspecified atom stereocenters. The van der Waals surface area contributed by atoms with E-state index in [0.29, 0.717) is 50.1 Å². The molecule has 2 aliphatic rings. The van der Waals surface area contributed by atoms with E-state index in [0.717, 1.165) is 11.1 Å². The zero-order valence-corrected chi connectivity index (χ0v) is 21.6. The number of rotatable bonds is 6. The first-order chi connectivity index (χ1) is 17.2. The highest BCUT2D eigenvalue weighted by Gasteiger charge is 2.54. The lowest BCUT2D eigenvalue weighted by Gasteiger charge is -2.44. The number of carbonyl (C=O) groups is 3. The van der Waals surface area contributed by atoms with Crippen LogP contribution in [-0.2, 0) is 9.53 Å². The minimum atomic E-state index is -0.924. The largest absolute Gasteiger partial charge is 0.353 e. The highest BCUT2D eigenvalue weighted by Crippen LogP contribution is 2.39. The highest BCUT2D eigenvalue weighted by molar-refractivity contribution is 5.99. The molecule has 0 aliphatic carbocycles. The van der Waals surface area contributed by atoms with Crippen LogP contribution in [0.2, 0.25) is 0 Å². The maximum Gasteiger partial charge on any atom is 0.256 e. The predicted molar refractivity (Wildman–Crippen MR) is 138 cm³/mol. The lowest BCUT2D eigenvalue weighted by atomic mass is 9.95. The number of nitrogens with zero attached hydrogens (tertiary/aromatic N) is 3. The standard InChI is InChI=1S/C28H36N4O4/c1-20-8-7-10-22(18-20)26(34)32-24(25(33)29-14-17-30(3)4)19-36-28(32)12-15-31(16-13-28)27(35)23-11-6-5-9-21(23)2/h5-11,18,24H,12-17,19H2,1-4H3,(H,29,33)/t24-/m0/s1. The summed E-state index contributed by atoms with van der Waals surface area (Å²) in [6, 6.07) is 14.2. The molecule has 1 spiro atoms. The lowest BCUT2D eigenvalue weighted by Crippen LogP contribution is -2.60. The molecule has 2 saturated heterocycles. The van der Waals surface area contributed by atoms with Gasteiger partial charge in [0.15, 0.2) is 0 Å². The molecule has 192 valence electrons. The van der Waals surface area contributed by atoms with Crippen molar-refractivity contribution in [2.24, 2.45) is 0 Å². The summed E-state index contributed by atoms with van der Waals surface area (Å²) in [6.07, 6.45) is 0.896. The Morgan fingerprint density at radius 3 is 2.42 bits per heavy atom. The molecule has 0 aromatic heterocycles. The van der Waals surface area contributed by atoms with E-state index in [2.05, 4.69) is 5.32 Å². The molecule has 0 bridgehead atoms. The molecule has 1 atom stereocenters. The molecule has 4 rings (SSSR count). The van der Waals surface area contributed by atoms with Crippen molar-refractivity contribution < 1.29 is 19.1 Å². The number of benzene rings is 2. The Kier molecular flexibility index (Phi) is 7.76. The molecule has 2 aromatic rings. The van der Waals surface area contributed by atoms with Crippen molar-refractivity contribution in [3.63, 3.8) is 0 Å². The van der Waals surface area contributed by atoms with Crippen molar-refractivity contribution in [1.82, 2.24) is 20.0 Å². The Hall–Kier alpha value is -3.23. The van der Waals surface area contributed by atoms with E-state index in [9.17, 15) is 14.4 Å². The highest BCUT2D eigenvalue weighted by atomic mass is 16.5. The van der Waals surface area contributed by atoms with Gasteiger partial charge < -0.3 is 19.9 Å². The van der Waals surface area contributed by atoms with Crippen molar-refractivity contribution in [2.75, 3.05) is 46.9 Å². The van der Waals surface area contributed by atoms with E-state index in [4.69, 9.17) is 4.74 Å². The zero-order valence-electron chi connectivity index (χ0n) is 21.6. The van der Waals surface area contributed by atoms with Gasteiger partial charge in [-0.3, -0.25) is 19.3 Å². The number of piperidine rings is 1. The molecule has 1 N–H and O–H groups in total. The van der Waals surface area contributed by atoms with Crippen LogP contribution < -0.4 is 5.32 Å². The van der Waals surface area contributed by atoms with Gasteiger partial charge in [-0.05, 0) is 51.7 Å². The lowest BCUT2D eigenvalue weighted by molar-refractivity contribution is -0.128. The van der Waals surface area contributed by atoms with Gasteiger partial charge >= 0.3 is 0 Å². The van der Waals surface area contributed by atoms with Gasteiger partial charge in [0.25, 0.3) is 11.8 Å². The third-order valence-electron chi connectivity index (χ3n) is 7.11. The SMILES string of the molecule is Cc1cccc(C(=O)N2[C@H](C(=O)NCCN(C)C)COC23CCN(C(=O)c2ccccc2C)CC3)c1. The van der Waals surface area contributed by atoms with Crippen LogP contribution >= 0.6 is 0 Å². The number of likely N-dealkylation sites (tertiary alicyclic amines) is 1. The van der Waals surface area contributed by atoms with E-state index < -0.39 is 11.8 Å². The van der Waals surface area contributed by atoms with Gasteiger partial charge in [-0.25, -0.2) is 0 Å². The van der Waals surface area contributed by atoms with Crippen LogP contribution in [0.3, 0.4) is 0 Å². The van der Waals surface area contributed by atoms with Gasteiger partial charge in [-0.1, -0.05) is 35.9 Å². The number of hydrogen-bond acceptors (Lipinski definition) is 5. The maximum absolute atomic E-state index is 13.8. The summed E-state index contributed by atoms with van der Waals surface area (Å²) in [4.78, 5) is 45.6. The predicted octanol–water partition coefficient (Wildman–Crippen LogP) is 2.45. The first-order valence-corrected chi connectivity index (χ1v) is 12.5. The van der Waals surface area contributed by atoms with Crippen molar-refractivity contribution in [1.29, 1.82) is 0 Å². The minimum absolute atomic E-state index is 0.0181. The molecule has 2 aromatic carbocycles. The van der Waals surface area contributed by atoms with Crippen LogP contribution in [0.25, 0.3) is 0 Å². The smallest absolute Gasteiger partial charge is 0.256 e. The molecule has 2 aliphatic heterocycles. The van der Waals surface area contributed by atoms with E-state index in [-0.39, 0.29) is 24.3 Å². The summed E-state index contributed by atoms with van der Waals surface area (Å²) in [5.41, 5.74) is 2.20. The topological polar surface area (TPSA) is 82.2 Å². The van der Waals surface area contributed by atoms with Gasteiger partial charge in [0, 0.05) is 50.1 Å². The van der Waals surface area contributed by atoms with Crippen molar-refractivity contribution in [3.8, 4) is 0 Å². The molecule has 8 heteroatoms. The van der Waals surface area contributed by atoms with E-state index >= 15 is 0 Å². The van der Waals surface area contributed by atoms with Crippen LogP contribution in [0.1, 0.15) is 44.7 Å². The quantitative estimate of drug-likeness (QED) is 0.670. The average Bonchev–Trinajstić information content (AvgIpc) is 3.22. The molecule has 2 heterocycles. The molecule has 0 saturated carbocycles. The summed E-state index contributed by atoms with van der Waals surface area (Å²) in [5.74, 6) is -0.453. The number of hydrogen-bond donors (Lipinski definition) is 1. The fourth-order valence-electron chi connectivity index (χ4n) is 5.05. The van der Waals surface area contributed by atoms with E-state index in [1.807, 2.05) is 80.2 Å². The second-order valence-corrected chi connectivity index (χ2v) is 10.0. The molecule has 3 amide bonds. The summed E-state index contributed by atoms with van der Waals surface area (Å²) in [5, 5.41) is 2.96. The molecule has 0 radical (unpaired) electrons. The Bertz CT molecular complexity index is 1120. The third kappa shape index (κ3) is 5.29. The number of likely N-dealkylation sites (N-methyl/N-ethyl adjacent to an activating group) is 1. The molecular weight excluding hydrogens is 456 g/mol. The second-order valence-electron chi connectivity index (χ2n) is 10.0. The first kappa shape index (κ1) is 25.9. The van der Waals surface area contributed by atoms with Crippen molar-refractivity contribution in [3.05, 3.63) is 70.8 Å². The summed E-state index contributed by atoms with van der Waals surface area (Å²) >= 11 is 0. The van der Waals surface area contributed by atoms with Gasteiger partial charge in [0.1, 0.15) is 11.8 Å². The summed E-state index contributed by atoms with van der Waals surface area (Å²) in [7, 11) is 3.89. The Balaban J connectivity index is 1.56. The van der Waals surface area contributed by atoms with Crippen molar-refractivity contribution >= 4 is 17.7 Å². The second kappa shape index (κ2) is 10.8. The van der Waals surface area contributed by atoms with E-state index in [1.54, 1.807) is 11.0 Å². The molecule has 8 nitrogen and oxygen atoms in total.